The number of hydrogen-bond donors (Lipinski definition) is 1. The molecule has 0 aliphatic carbocycles. The van der Waals surface area contributed by atoms with Gasteiger partial charge in [0.25, 0.3) is 0 Å². The molecule has 0 atom stereocenters. The van der Waals surface area contributed by atoms with Crippen LogP contribution < -0.4 is 5.73 Å². The molecule has 90 valence electrons. The SMILES string of the molecule is CCC=O.NCc1ccccc1C(F)(F)F. The molecule has 0 aliphatic rings. The Balaban J connectivity index is 0.000000487. The van der Waals surface area contributed by atoms with E-state index in [2.05, 4.69) is 0 Å². The van der Waals surface area contributed by atoms with E-state index in [1.54, 1.807) is 0 Å². The van der Waals surface area contributed by atoms with Gasteiger partial charge in [0.15, 0.2) is 0 Å². The third-order valence-electron chi connectivity index (χ3n) is 1.71. The molecule has 1 rings (SSSR count). The van der Waals surface area contributed by atoms with Crippen LogP contribution in [-0.2, 0) is 17.5 Å². The van der Waals surface area contributed by atoms with Crippen LogP contribution in [0.5, 0.6) is 0 Å². The third-order valence-corrected chi connectivity index (χ3v) is 1.71. The van der Waals surface area contributed by atoms with Crippen molar-refractivity contribution in [1.82, 2.24) is 0 Å². The molecule has 1 aromatic carbocycles. The minimum atomic E-state index is -4.30. The maximum atomic E-state index is 12.2. The minimum absolute atomic E-state index is 0.0876. The van der Waals surface area contributed by atoms with E-state index < -0.39 is 11.7 Å². The van der Waals surface area contributed by atoms with Crippen LogP contribution in [0, 0.1) is 0 Å². The average molecular weight is 233 g/mol. The molecule has 1 aromatic rings. The first-order valence-corrected chi connectivity index (χ1v) is 4.76. The van der Waals surface area contributed by atoms with Gasteiger partial charge >= 0.3 is 6.18 Å². The molecule has 0 saturated carbocycles. The van der Waals surface area contributed by atoms with Crippen LogP contribution in [0.25, 0.3) is 0 Å². The molecule has 16 heavy (non-hydrogen) atoms. The molecule has 0 radical (unpaired) electrons. The standard InChI is InChI=1S/C8H8F3N.C3H6O/c9-8(10,11)7-4-2-1-3-6(7)5-12;1-2-3-4/h1-4H,5,12H2;3H,2H2,1H3. The molecule has 0 aromatic heterocycles. The molecule has 0 aliphatic heterocycles. The van der Waals surface area contributed by atoms with E-state index in [1.165, 1.54) is 18.2 Å². The van der Waals surface area contributed by atoms with Gasteiger partial charge in [-0.1, -0.05) is 25.1 Å². The molecular formula is C11H14F3NO. The molecule has 0 fully saturated rings. The fourth-order valence-electron chi connectivity index (χ4n) is 0.975. The highest BCUT2D eigenvalue weighted by atomic mass is 19.4. The summed E-state index contributed by atoms with van der Waals surface area (Å²) in [5, 5.41) is 0. The molecule has 2 nitrogen and oxygen atoms in total. The van der Waals surface area contributed by atoms with Crippen LogP contribution in [0.3, 0.4) is 0 Å². The summed E-state index contributed by atoms with van der Waals surface area (Å²) in [5.74, 6) is 0. The van der Waals surface area contributed by atoms with Gasteiger partial charge in [-0.15, -0.1) is 0 Å². The lowest BCUT2D eigenvalue weighted by molar-refractivity contribution is -0.138. The van der Waals surface area contributed by atoms with Crippen molar-refractivity contribution in [3.63, 3.8) is 0 Å². The predicted molar refractivity (Wildman–Crippen MR) is 55.7 cm³/mol. The zero-order valence-electron chi connectivity index (χ0n) is 8.92. The predicted octanol–water partition coefficient (Wildman–Crippen LogP) is 2.76. The van der Waals surface area contributed by atoms with Crippen molar-refractivity contribution in [1.29, 1.82) is 0 Å². The number of hydrogen-bond acceptors (Lipinski definition) is 2. The molecule has 5 heteroatoms. The molecular weight excluding hydrogens is 219 g/mol. The summed E-state index contributed by atoms with van der Waals surface area (Å²) in [6.07, 6.45) is -2.78. The normalized spacial score (nSPS) is 10.3. The Morgan fingerprint density at radius 3 is 2.12 bits per heavy atom. The lowest BCUT2D eigenvalue weighted by Crippen LogP contribution is -2.11. The minimum Gasteiger partial charge on any atom is -0.326 e. The largest absolute Gasteiger partial charge is 0.416 e. The number of halogens is 3. The Morgan fingerprint density at radius 2 is 1.81 bits per heavy atom. The molecule has 0 heterocycles. The topological polar surface area (TPSA) is 43.1 Å². The molecule has 0 bridgehead atoms. The van der Waals surface area contributed by atoms with Crippen molar-refractivity contribution >= 4 is 6.29 Å². The summed E-state index contributed by atoms with van der Waals surface area (Å²) in [7, 11) is 0. The van der Waals surface area contributed by atoms with Gasteiger partial charge in [0.2, 0.25) is 0 Å². The number of aldehydes is 1. The van der Waals surface area contributed by atoms with Gasteiger partial charge in [0.1, 0.15) is 6.29 Å². The highest BCUT2D eigenvalue weighted by Gasteiger charge is 2.32. The quantitative estimate of drug-likeness (QED) is 0.798. The van der Waals surface area contributed by atoms with Gasteiger partial charge in [-0.25, -0.2) is 0 Å². The first kappa shape index (κ1) is 14.6. The van der Waals surface area contributed by atoms with E-state index >= 15 is 0 Å². The summed E-state index contributed by atoms with van der Waals surface area (Å²) in [5.41, 5.74) is 4.63. The fourth-order valence-corrected chi connectivity index (χ4v) is 0.975. The van der Waals surface area contributed by atoms with Gasteiger partial charge in [-0.2, -0.15) is 13.2 Å². The Kier molecular flexibility index (Phi) is 6.41. The number of rotatable bonds is 2. The monoisotopic (exact) mass is 233 g/mol. The van der Waals surface area contributed by atoms with E-state index in [0.717, 1.165) is 12.4 Å². The van der Waals surface area contributed by atoms with Gasteiger partial charge in [0, 0.05) is 13.0 Å². The van der Waals surface area contributed by atoms with Crippen molar-refractivity contribution in [3.8, 4) is 0 Å². The fraction of sp³-hybridized carbons (Fsp3) is 0.364. The van der Waals surface area contributed by atoms with Crippen LogP contribution in [0.1, 0.15) is 24.5 Å². The molecule has 0 amide bonds. The summed E-state index contributed by atoms with van der Waals surface area (Å²) in [4.78, 5) is 9.17. The smallest absolute Gasteiger partial charge is 0.326 e. The zero-order chi connectivity index (χ0) is 12.6. The second-order valence-corrected chi connectivity index (χ2v) is 2.93. The molecule has 2 N–H and O–H groups in total. The summed E-state index contributed by atoms with van der Waals surface area (Å²) in [6.45, 7) is 1.72. The van der Waals surface area contributed by atoms with Crippen molar-refractivity contribution in [2.45, 2.75) is 26.1 Å². The lowest BCUT2D eigenvalue weighted by atomic mass is 10.1. The van der Waals surface area contributed by atoms with Gasteiger partial charge in [-0.3, -0.25) is 0 Å². The first-order chi connectivity index (χ1) is 7.47. The summed E-state index contributed by atoms with van der Waals surface area (Å²) < 4.78 is 36.5. The zero-order valence-corrected chi connectivity index (χ0v) is 8.92. The molecule has 0 unspecified atom stereocenters. The third kappa shape index (κ3) is 4.93. The van der Waals surface area contributed by atoms with Crippen LogP contribution in [0.15, 0.2) is 24.3 Å². The number of carbonyl (C=O) groups is 1. The maximum Gasteiger partial charge on any atom is 0.416 e. The average Bonchev–Trinajstić information content (AvgIpc) is 2.28. The maximum absolute atomic E-state index is 12.2. The second-order valence-electron chi connectivity index (χ2n) is 2.93. The van der Waals surface area contributed by atoms with Crippen LogP contribution >= 0.6 is 0 Å². The number of carbonyl (C=O) groups excluding carboxylic acids is 1. The second kappa shape index (κ2) is 7.00. The summed E-state index contributed by atoms with van der Waals surface area (Å²) >= 11 is 0. The van der Waals surface area contributed by atoms with Crippen molar-refractivity contribution in [2.75, 3.05) is 0 Å². The van der Waals surface area contributed by atoms with E-state index in [-0.39, 0.29) is 12.1 Å². The van der Waals surface area contributed by atoms with E-state index in [9.17, 15) is 18.0 Å². The van der Waals surface area contributed by atoms with Crippen molar-refractivity contribution < 1.29 is 18.0 Å². The van der Waals surface area contributed by atoms with E-state index in [0.29, 0.717) is 6.42 Å². The van der Waals surface area contributed by atoms with Crippen molar-refractivity contribution in [3.05, 3.63) is 35.4 Å². The highest BCUT2D eigenvalue weighted by molar-refractivity contribution is 5.48. The van der Waals surface area contributed by atoms with Crippen LogP contribution in [0.4, 0.5) is 13.2 Å². The summed E-state index contributed by atoms with van der Waals surface area (Å²) in [6, 6.07) is 5.30. The van der Waals surface area contributed by atoms with Crippen molar-refractivity contribution in [2.24, 2.45) is 5.73 Å². The van der Waals surface area contributed by atoms with Gasteiger partial charge < -0.3 is 10.5 Å². The first-order valence-electron chi connectivity index (χ1n) is 4.76. The Hall–Kier alpha value is -1.36. The van der Waals surface area contributed by atoms with Crippen LogP contribution in [-0.4, -0.2) is 6.29 Å². The Labute approximate surface area is 92.3 Å². The number of nitrogens with two attached hydrogens (primary N) is 1. The van der Waals surface area contributed by atoms with Gasteiger partial charge in [-0.05, 0) is 11.6 Å². The van der Waals surface area contributed by atoms with Crippen LogP contribution in [0.2, 0.25) is 0 Å². The van der Waals surface area contributed by atoms with E-state index in [1.807, 2.05) is 6.92 Å². The lowest BCUT2D eigenvalue weighted by Gasteiger charge is -2.10. The Morgan fingerprint density at radius 1 is 1.31 bits per heavy atom. The van der Waals surface area contributed by atoms with Gasteiger partial charge in [0.05, 0.1) is 5.56 Å². The molecule has 0 spiro atoms. The molecule has 0 saturated heterocycles. The number of alkyl halides is 3. The van der Waals surface area contributed by atoms with E-state index in [4.69, 9.17) is 5.73 Å². The highest BCUT2D eigenvalue weighted by Crippen LogP contribution is 2.31. The number of benzene rings is 1. The Bertz CT molecular complexity index is 323.